The molecule has 1 atom stereocenters. The fourth-order valence-corrected chi connectivity index (χ4v) is 2.09. The second kappa shape index (κ2) is 5.85. The SMILES string of the molecule is Cc1ncc(C(C)O)c(C)c1OCc1ccccc1. The Labute approximate surface area is 113 Å². The predicted molar refractivity (Wildman–Crippen MR) is 75.1 cm³/mol. The third-order valence-electron chi connectivity index (χ3n) is 3.18. The van der Waals surface area contributed by atoms with Gasteiger partial charge in [0.25, 0.3) is 0 Å². The van der Waals surface area contributed by atoms with Gasteiger partial charge in [0.05, 0.1) is 11.8 Å². The fourth-order valence-electron chi connectivity index (χ4n) is 2.09. The molecule has 0 fully saturated rings. The summed E-state index contributed by atoms with van der Waals surface area (Å²) in [7, 11) is 0. The smallest absolute Gasteiger partial charge is 0.144 e. The van der Waals surface area contributed by atoms with Gasteiger partial charge in [0, 0.05) is 17.3 Å². The van der Waals surface area contributed by atoms with E-state index in [0.29, 0.717) is 6.61 Å². The lowest BCUT2D eigenvalue weighted by molar-refractivity contribution is 0.196. The van der Waals surface area contributed by atoms with Gasteiger partial charge in [0.15, 0.2) is 0 Å². The van der Waals surface area contributed by atoms with E-state index in [0.717, 1.165) is 28.1 Å². The Kier molecular flexibility index (Phi) is 4.17. The molecule has 1 aromatic carbocycles. The minimum Gasteiger partial charge on any atom is -0.487 e. The van der Waals surface area contributed by atoms with Crippen LogP contribution in [0.4, 0.5) is 0 Å². The number of rotatable bonds is 4. The van der Waals surface area contributed by atoms with Crippen LogP contribution >= 0.6 is 0 Å². The summed E-state index contributed by atoms with van der Waals surface area (Å²) in [5.74, 6) is 0.766. The average Bonchev–Trinajstić information content (AvgIpc) is 2.39. The molecular formula is C16H19NO2. The van der Waals surface area contributed by atoms with Gasteiger partial charge in [-0.25, -0.2) is 0 Å². The number of hydrogen-bond acceptors (Lipinski definition) is 3. The molecule has 1 aromatic heterocycles. The van der Waals surface area contributed by atoms with E-state index >= 15 is 0 Å². The molecule has 0 aliphatic carbocycles. The Morgan fingerprint density at radius 1 is 1.21 bits per heavy atom. The van der Waals surface area contributed by atoms with E-state index < -0.39 is 6.10 Å². The number of aliphatic hydroxyl groups excluding tert-OH is 1. The molecular weight excluding hydrogens is 238 g/mol. The molecule has 2 aromatic rings. The van der Waals surface area contributed by atoms with Crippen LogP contribution in [0.5, 0.6) is 5.75 Å². The molecule has 1 N–H and O–H groups in total. The summed E-state index contributed by atoms with van der Waals surface area (Å²) < 4.78 is 5.87. The lowest BCUT2D eigenvalue weighted by atomic mass is 10.1. The Balaban J connectivity index is 2.22. The summed E-state index contributed by atoms with van der Waals surface area (Å²) in [6, 6.07) is 10.0. The van der Waals surface area contributed by atoms with Crippen molar-refractivity contribution < 1.29 is 9.84 Å². The van der Waals surface area contributed by atoms with Gasteiger partial charge in [0.1, 0.15) is 12.4 Å². The highest BCUT2D eigenvalue weighted by Gasteiger charge is 2.13. The minimum atomic E-state index is -0.535. The highest BCUT2D eigenvalue weighted by molar-refractivity contribution is 5.41. The Morgan fingerprint density at radius 3 is 2.53 bits per heavy atom. The van der Waals surface area contributed by atoms with Gasteiger partial charge in [0.2, 0.25) is 0 Å². The standard InChI is InChI=1S/C16H19NO2/c1-11-15(13(3)18)9-17-12(2)16(11)19-10-14-7-5-4-6-8-14/h4-9,13,18H,10H2,1-3H3. The van der Waals surface area contributed by atoms with Gasteiger partial charge in [-0.2, -0.15) is 0 Å². The Morgan fingerprint density at radius 2 is 1.89 bits per heavy atom. The van der Waals surface area contributed by atoms with Crippen LogP contribution in [-0.4, -0.2) is 10.1 Å². The largest absolute Gasteiger partial charge is 0.487 e. The van der Waals surface area contributed by atoms with E-state index in [1.165, 1.54) is 0 Å². The van der Waals surface area contributed by atoms with Crippen LogP contribution in [0, 0.1) is 13.8 Å². The Hall–Kier alpha value is -1.87. The van der Waals surface area contributed by atoms with Crippen LogP contribution in [-0.2, 0) is 6.61 Å². The van der Waals surface area contributed by atoms with Crippen molar-refractivity contribution in [2.24, 2.45) is 0 Å². The van der Waals surface area contributed by atoms with Crippen molar-refractivity contribution >= 4 is 0 Å². The van der Waals surface area contributed by atoms with Gasteiger partial charge in [-0.15, -0.1) is 0 Å². The van der Waals surface area contributed by atoms with E-state index in [-0.39, 0.29) is 0 Å². The van der Waals surface area contributed by atoms with Crippen LogP contribution in [0.1, 0.15) is 35.4 Å². The zero-order valence-electron chi connectivity index (χ0n) is 11.6. The van der Waals surface area contributed by atoms with Crippen LogP contribution < -0.4 is 4.74 Å². The second-order valence-corrected chi connectivity index (χ2v) is 4.70. The van der Waals surface area contributed by atoms with Gasteiger partial charge in [-0.3, -0.25) is 4.98 Å². The van der Waals surface area contributed by atoms with Crippen molar-refractivity contribution in [3.63, 3.8) is 0 Å². The summed E-state index contributed by atoms with van der Waals surface area (Å²) in [4.78, 5) is 4.29. The molecule has 0 amide bonds. The molecule has 100 valence electrons. The third-order valence-corrected chi connectivity index (χ3v) is 3.18. The van der Waals surface area contributed by atoms with Crippen molar-refractivity contribution in [3.8, 4) is 5.75 Å². The average molecular weight is 257 g/mol. The maximum absolute atomic E-state index is 9.71. The third kappa shape index (κ3) is 3.12. The van der Waals surface area contributed by atoms with E-state index in [2.05, 4.69) is 4.98 Å². The van der Waals surface area contributed by atoms with Crippen LogP contribution in [0.2, 0.25) is 0 Å². The van der Waals surface area contributed by atoms with E-state index in [4.69, 9.17) is 4.74 Å². The number of pyridine rings is 1. The van der Waals surface area contributed by atoms with Gasteiger partial charge < -0.3 is 9.84 Å². The first-order valence-corrected chi connectivity index (χ1v) is 6.40. The van der Waals surface area contributed by atoms with Crippen molar-refractivity contribution in [1.82, 2.24) is 4.98 Å². The maximum Gasteiger partial charge on any atom is 0.144 e. The molecule has 3 nitrogen and oxygen atoms in total. The first-order chi connectivity index (χ1) is 9.09. The molecule has 0 saturated carbocycles. The minimum absolute atomic E-state index is 0.507. The molecule has 0 radical (unpaired) electrons. The lowest BCUT2D eigenvalue weighted by Crippen LogP contribution is -2.04. The number of ether oxygens (including phenoxy) is 1. The first kappa shape index (κ1) is 13.6. The van der Waals surface area contributed by atoms with Crippen molar-refractivity contribution in [1.29, 1.82) is 0 Å². The first-order valence-electron chi connectivity index (χ1n) is 6.40. The van der Waals surface area contributed by atoms with E-state index in [1.54, 1.807) is 13.1 Å². The summed E-state index contributed by atoms with van der Waals surface area (Å²) in [5, 5.41) is 9.71. The fraction of sp³-hybridized carbons (Fsp3) is 0.312. The van der Waals surface area contributed by atoms with Crippen LogP contribution in [0.25, 0.3) is 0 Å². The van der Waals surface area contributed by atoms with Crippen molar-refractivity contribution in [3.05, 3.63) is 58.9 Å². The van der Waals surface area contributed by atoms with Gasteiger partial charge >= 0.3 is 0 Å². The highest BCUT2D eigenvalue weighted by Crippen LogP contribution is 2.28. The quantitative estimate of drug-likeness (QED) is 0.913. The van der Waals surface area contributed by atoms with Gasteiger partial charge in [-0.1, -0.05) is 30.3 Å². The monoisotopic (exact) mass is 257 g/mol. The Bertz CT molecular complexity index is 550. The van der Waals surface area contributed by atoms with Crippen LogP contribution in [0.3, 0.4) is 0 Å². The zero-order valence-corrected chi connectivity index (χ0v) is 11.6. The van der Waals surface area contributed by atoms with Crippen molar-refractivity contribution in [2.45, 2.75) is 33.5 Å². The summed E-state index contributed by atoms with van der Waals surface area (Å²) in [6.07, 6.45) is 1.18. The maximum atomic E-state index is 9.71. The molecule has 1 unspecified atom stereocenters. The van der Waals surface area contributed by atoms with E-state index in [1.807, 2.05) is 44.2 Å². The zero-order chi connectivity index (χ0) is 13.8. The predicted octanol–water partition coefficient (Wildman–Crippen LogP) is 3.33. The molecule has 19 heavy (non-hydrogen) atoms. The van der Waals surface area contributed by atoms with Crippen LogP contribution in [0.15, 0.2) is 36.5 Å². The lowest BCUT2D eigenvalue weighted by Gasteiger charge is -2.16. The normalized spacial score (nSPS) is 12.2. The molecule has 1 heterocycles. The molecule has 0 spiro atoms. The summed E-state index contributed by atoms with van der Waals surface area (Å²) in [5.41, 5.74) is 3.73. The molecule has 0 aliphatic rings. The molecule has 3 heteroatoms. The number of nitrogens with zero attached hydrogens (tertiary/aromatic N) is 1. The topological polar surface area (TPSA) is 42.4 Å². The highest BCUT2D eigenvalue weighted by atomic mass is 16.5. The number of hydrogen-bond donors (Lipinski definition) is 1. The second-order valence-electron chi connectivity index (χ2n) is 4.70. The molecule has 0 bridgehead atoms. The van der Waals surface area contributed by atoms with E-state index in [9.17, 15) is 5.11 Å². The van der Waals surface area contributed by atoms with Crippen molar-refractivity contribution in [2.75, 3.05) is 0 Å². The number of aryl methyl sites for hydroxylation is 1. The number of aliphatic hydroxyl groups is 1. The molecule has 0 aliphatic heterocycles. The number of aromatic nitrogens is 1. The summed E-state index contributed by atoms with van der Waals surface area (Å²) >= 11 is 0. The molecule has 2 rings (SSSR count). The molecule has 0 saturated heterocycles. The summed E-state index contributed by atoms with van der Waals surface area (Å²) in [6.45, 7) is 6.12. The van der Waals surface area contributed by atoms with Gasteiger partial charge in [-0.05, 0) is 26.3 Å². The number of benzene rings is 1.